The number of likely N-dealkylation sites (N-methyl/N-ethyl adjacent to an activating group) is 1. The molecule has 1 fully saturated rings. The Labute approximate surface area is 189 Å². The molecule has 4 aromatic rings. The smallest absolute Gasteiger partial charge is 0.257 e. The average Bonchev–Trinajstić information content (AvgIpc) is 3.25. The van der Waals surface area contributed by atoms with Gasteiger partial charge in [0.05, 0.1) is 15.4 Å². The normalized spacial score (nSPS) is 14.6. The molecule has 32 heavy (non-hydrogen) atoms. The van der Waals surface area contributed by atoms with Gasteiger partial charge in [0.25, 0.3) is 5.91 Å². The topological polar surface area (TPSA) is 87.1 Å². The summed E-state index contributed by atoms with van der Waals surface area (Å²) in [6.07, 6.45) is 3.55. The molecule has 1 saturated heterocycles. The highest BCUT2D eigenvalue weighted by Gasteiger charge is 2.17. The number of pyridine rings is 1. The van der Waals surface area contributed by atoms with Gasteiger partial charge >= 0.3 is 0 Å². The Morgan fingerprint density at radius 2 is 1.88 bits per heavy atom. The number of hydrogen-bond acceptors (Lipinski definition) is 8. The van der Waals surface area contributed by atoms with Crippen LogP contribution in [-0.2, 0) is 0 Å². The maximum Gasteiger partial charge on any atom is 0.257 e. The number of aromatic nitrogens is 4. The fourth-order valence-corrected chi connectivity index (χ4v) is 4.48. The van der Waals surface area contributed by atoms with Gasteiger partial charge in [-0.15, -0.1) is 21.5 Å². The first kappa shape index (κ1) is 20.5. The van der Waals surface area contributed by atoms with Crippen LogP contribution in [0.1, 0.15) is 15.4 Å². The Kier molecular flexibility index (Phi) is 5.50. The molecule has 4 heterocycles. The van der Waals surface area contributed by atoms with Crippen LogP contribution in [0.5, 0.6) is 0 Å². The third kappa shape index (κ3) is 4.30. The predicted octanol–water partition coefficient (Wildman–Crippen LogP) is 3.46. The van der Waals surface area contributed by atoms with Crippen LogP contribution in [0, 0.1) is 6.92 Å². The molecule has 3 aromatic heterocycles. The van der Waals surface area contributed by atoms with Gasteiger partial charge in [0.2, 0.25) is 0 Å². The molecule has 5 rings (SSSR count). The lowest BCUT2D eigenvalue weighted by molar-refractivity contribution is 0.102. The zero-order chi connectivity index (χ0) is 22.1. The van der Waals surface area contributed by atoms with Crippen LogP contribution >= 0.6 is 11.3 Å². The van der Waals surface area contributed by atoms with Gasteiger partial charge in [0.1, 0.15) is 5.82 Å². The van der Waals surface area contributed by atoms with Gasteiger partial charge in [0, 0.05) is 49.5 Å². The fraction of sp³-hybridized carbons (Fsp3) is 0.261. The van der Waals surface area contributed by atoms with E-state index in [-0.39, 0.29) is 5.91 Å². The second-order valence-electron chi connectivity index (χ2n) is 7.89. The molecule has 1 aliphatic heterocycles. The lowest BCUT2D eigenvalue weighted by atomic mass is 10.1. The van der Waals surface area contributed by atoms with Gasteiger partial charge in [0.15, 0.2) is 5.82 Å². The molecule has 0 unspecified atom stereocenters. The lowest BCUT2D eigenvalue weighted by Crippen LogP contribution is -2.44. The molecular weight excluding hydrogens is 422 g/mol. The van der Waals surface area contributed by atoms with E-state index in [2.05, 4.69) is 42.3 Å². The third-order valence-electron chi connectivity index (χ3n) is 5.57. The molecule has 0 aliphatic carbocycles. The molecule has 0 spiro atoms. The minimum atomic E-state index is -0.231. The highest BCUT2D eigenvalue weighted by atomic mass is 32.1. The number of rotatable bonds is 4. The van der Waals surface area contributed by atoms with Crippen molar-refractivity contribution in [1.29, 1.82) is 0 Å². The Morgan fingerprint density at radius 3 is 2.66 bits per heavy atom. The summed E-state index contributed by atoms with van der Waals surface area (Å²) in [5.41, 5.74) is 2.39. The van der Waals surface area contributed by atoms with Crippen LogP contribution in [0.25, 0.3) is 21.3 Å². The standard InChI is InChI=1S/C23H23N7OS/c1-15-25-14-20(32-15)16-3-4-19-18(11-16)12-21(28-27-19)26-23(31)17-5-6-24-22(13-17)30-9-7-29(2)8-10-30/h3-6,11-14H,7-10H2,1-2H3,(H,26,28,31). The zero-order valence-electron chi connectivity index (χ0n) is 17.9. The van der Waals surface area contributed by atoms with Crippen molar-refractivity contribution in [1.82, 2.24) is 25.1 Å². The van der Waals surface area contributed by atoms with Gasteiger partial charge in [-0.2, -0.15) is 0 Å². The first-order chi connectivity index (χ1) is 15.5. The van der Waals surface area contributed by atoms with E-state index in [4.69, 9.17) is 0 Å². The summed E-state index contributed by atoms with van der Waals surface area (Å²) < 4.78 is 0. The second-order valence-corrected chi connectivity index (χ2v) is 9.13. The Bertz CT molecular complexity index is 1280. The maximum atomic E-state index is 12.9. The molecule has 1 aromatic carbocycles. The Hall–Kier alpha value is -3.43. The number of hydrogen-bond donors (Lipinski definition) is 1. The minimum absolute atomic E-state index is 0.231. The summed E-state index contributed by atoms with van der Waals surface area (Å²) in [4.78, 5) is 27.3. The number of carbonyl (C=O) groups excluding carboxylic acids is 1. The van der Waals surface area contributed by atoms with E-state index in [0.717, 1.165) is 58.3 Å². The summed E-state index contributed by atoms with van der Waals surface area (Å²) in [6, 6.07) is 11.4. The van der Waals surface area contributed by atoms with Gasteiger partial charge < -0.3 is 15.1 Å². The van der Waals surface area contributed by atoms with E-state index in [1.54, 1.807) is 23.6 Å². The van der Waals surface area contributed by atoms with Crippen molar-refractivity contribution >= 4 is 39.8 Å². The van der Waals surface area contributed by atoms with Crippen LogP contribution in [0.4, 0.5) is 11.6 Å². The van der Waals surface area contributed by atoms with Gasteiger partial charge in [-0.3, -0.25) is 4.79 Å². The van der Waals surface area contributed by atoms with Crippen LogP contribution in [0.15, 0.2) is 48.8 Å². The van der Waals surface area contributed by atoms with Crippen molar-refractivity contribution in [2.45, 2.75) is 6.92 Å². The van der Waals surface area contributed by atoms with Crippen molar-refractivity contribution in [2.24, 2.45) is 0 Å². The van der Waals surface area contributed by atoms with Crippen LogP contribution in [0.3, 0.4) is 0 Å². The number of thiazole rings is 1. The van der Waals surface area contributed by atoms with Crippen molar-refractivity contribution in [3.63, 3.8) is 0 Å². The summed E-state index contributed by atoms with van der Waals surface area (Å²) in [5, 5.41) is 13.2. The van der Waals surface area contributed by atoms with Crippen LogP contribution in [-0.4, -0.2) is 64.2 Å². The lowest BCUT2D eigenvalue weighted by Gasteiger charge is -2.33. The van der Waals surface area contributed by atoms with Crippen molar-refractivity contribution in [2.75, 3.05) is 43.4 Å². The summed E-state index contributed by atoms with van der Waals surface area (Å²) in [7, 11) is 2.11. The fourth-order valence-electron chi connectivity index (χ4n) is 3.71. The molecule has 0 saturated carbocycles. The number of amides is 1. The Morgan fingerprint density at radius 1 is 1.03 bits per heavy atom. The highest BCUT2D eigenvalue weighted by Crippen LogP contribution is 2.28. The number of nitrogens with zero attached hydrogens (tertiary/aromatic N) is 6. The second kappa shape index (κ2) is 8.60. The quantitative estimate of drug-likeness (QED) is 0.515. The number of benzene rings is 1. The van der Waals surface area contributed by atoms with E-state index in [1.165, 1.54) is 0 Å². The number of nitrogens with one attached hydrogen (secondary N) is 1. The summed E-state index contributed by atoms with van der Waals surface area (Å²) in [5.74, 6) is 1.00. The molecule has 1 aliphatic rings. The van der Waals surface area contributed by atoms with Gasteiger partial charge in [-0.25, -0.2) is 9.97 Å². The molecule has 8 nitrogen and oxygen atoms in total. The van der Waals surface area contributed by atoms with E-state index >= 15 is 0 Å². The number of carbonyl (C=O) groups is 1. The molecular formula is C23H23N7OS. The molecule has 1 amide bonds. The minimum Gasteiger partial charge on any atom is -0.354 e. The van der Waals surface area contributed by atoms with Crippen molar-refractivity contribution < 1.29 is 4.79 Å². The molecule has 0 atom stereocenters. The van der Waals surface area contributed by atoms with E-state index < -0.39 is 0 Å². The van der Waals surface area contributed by atoms with Crippen LogP contribution < -0.4 is 10.2 Å². The largest absolute Gasteiger partial charge is 0.354 e. The van der Waals surface area contributed by atoms with Crippen molar-refractivity contribution in [3.8, 4) is 10.4 Å². The number of aryl methyl sites for hydroxylation is 1. The molecule has 1 N–H and O–H groups in total. The number of anilines is 2. The highest BCUT2D eigenvalue weighted by molar-refractivity contribution is 7.15. The maximum absolute atomic E-state index is 12.9. The monoisotopic (exact) mass is 445 g/mol. The van der Waals surface area contributed by atoms with Gasteiger partial charge in [-0.1, -0.05) is 6.07 Å². The number of piperazine rings is 1. The number of fused-ring (bicyclic) bond motifs is 1. The Balaban J connectivity index is 1.36. The van der Waals surface area contributed by atoms with Gasteiger partial charge in [-0.05, 0) is 49.9 Å². The molecule has 0 bridgehead atoms. The summed E-state index contributed by atoms with van der Waals surface area (Å²) >= 11 is 1.65. The predicted molar refractivity (Wildman–Crippen MR) is 127 cm³/mol. The third-order valence-corrected chi connectivity index (χ3v) is 6.53. The zero-order valence-corrected chi connectivity index (χ0v) is 18.8. The molecule has 0 radical (unpaired) electrons. The van der Waals surface area contributed by atoms with Crippen LogP contribution in [0.2, 0.25) is 0 Å². The van der Waals surface area contributed by atoms with E-state index in [9.17, 15) is 4.79 Å². The molecule has 9 heteroatoms. The average molecular weight is 446 g/mol. The van der Waals surface area contributed by atoms with Crippen molar-refractivity contribution in [3.05, 3.63) is 59.4 Å². The first-order valence-electron chi connectivity index (χ1n) is 10.5. The summed E-state index contributed by atoms with van der Waals surface area (Å²) in [6.45, 7) is 5.74. The van der Waals surface area contributed by atoms with E-state index in [1.807, 2.05) is 43.5 Å². The first-order valence-corrected chi connectivity index (χ1v) is 11.3. The molecule has 162 valence electrons. The van der Waals surface area contributed by atoms with E-state index in [0.29, 0.717) is 11.4 Å². The SMILES string of the molecule is Cc1ncc(-c2ccc3nnc(NC(=O)c4ccnc(N5CCN(C)CC5)c4)cc3c2)s1.